The fourth-order valence-electron chi connectivity index (χ4n) is 8.69. The second-order valence-corrected chi connectivity index (χ2v) is 11.0. The van der Waals surface area contributed by atoms with Gasteiger partial charge in [0.15, 0.2) is 0 Å². The van der Waals surface area contributed by atoms with Crippen LogP contribution in [0.1, 0.15) is 86.0 Å². The van der Waals surface area contributed by atoms with Crippen molar-refractivity contribution in [3.63, 3.8) is 0 Å². The Kier molecular flexibility index (Phi) is 4.15. The monoisotopic (exact) mass is 332 g/mol. The first-order valence-electron chi connectivity index (χ1n) is 11.0. The van der Waals surface area contributed by atoms with Crippen LogP contribution in [-0.2, 0) is 0 Å². The number of aliphatic hydroxyl groups is 1. The molecular weight excluding hydrogens is 292 g/mol. The molecule has 0 radical (unpaired) electrons. The minimum absolute atomic E-state index is 0.0114. The fraction of sp³-hybridized carbons (Fsp3) is 1.00. The zero-order chi connectivity index (χ0) is 17.3. The van der Waals surface area contributed by atoms with Gasteiger partial charge in [-0.1, -0.05) is 34.6 Å². The lowest BCUT2D eigenvalue weighted by atomic mass is 9.42. The topological polar surface area (TPSA) is 20.2 Å². The van der Waals surface area contributed by atoms with Gasteiger partial charge in [0.25, 0.3) is 0 Å². The Morgan fingerprint density at radius 3 is 2.38 bits per heavy atom. The summed E-state index contributed by atoms with van der Waals surface area (Å²) in [7, 11) is 0. The van der Waals surface area contributed by atoms with Crippen LogP contribution in [0.5, 0.6) is 0 Å². The maximum atomic E-state index is 10.2. The van der Waals surface area contributed by atoms with Crippen LogP contribution in [0.15, 0.2) is 0 Å². The van der Waals surface area contributed by atoms with Crippen molar-refractivity contribution in [2.45, 2.75) is 92.1 Å². The molecule has 0 aromatic carbocycles. The molecule has 0 aromatic heterocycles. The Labute approximate surface area is 150 Å². The minimum atomic E-state index is -0.0114. The lowest BCUT2D eigenvalue weighted by molar-refractivity contribution is -0.148. The third-order valence-electron chi connectivity index (χ3n) is 10.1. The second-order valence-electron chi connectivity index (χ2n) is 11.0. The summed E-state index contributed by atoms with van der Waals surface area (Å²) in [6.45, 7) is 12.8. The summed E-state index contributed by atoms with van der Waals surface area (Å²) in [6.07, 6.45) is 10.7. The van der Waals surface area contributed by atoms with Gasteiger partial charge in [-0.3, -0.25) is 0 Å². The van der Waals surface area contributed by atoms with Crippen LogP contribution in [0.25, 0.3) is 0 Å². The van der Waals surface area contributed by atoms with Crippen molar-refractivity contribution in [3.8, 4) is 0 Å². The molecule has 4 saturated carbocycles. The molecule has 9 atom stereocenters. The van der Waals surface area contributed by atoms with Crippen molar-refractivity contribution in [1.29, 1.82) is 0 Å². The molecule has 4 rings (SSSR count). The maximum absolute atomic E-state index is 10.2. The smallest absolute Gasteiger partial charge is 0.0543 e. The van der Waals surface area contributed by atoms with Gasteiger partial charge in [0, 0.05) is 0 Å². The van der Waals surface area contributed by atoms with Crippen molar-refractivity contribution in [2.75, 3.05) is 0 Å². The third kappa shape index (κ3) is 2.22. The number of hydrogen-bond acceptors (Lipinski definition) is 1. The van der Waals surface area contributed by atoms with Gasteiger partial charge in [0.1, 0.15) is 0 Å². The van der Waals surface area contributed by atoms with E-state index in [0.717, 1.165) is 54.3 Å². The highest BCUT2D eigenvalue weighted by atomic mass is 16.3. The van der Waals surface area contributed by atoms with Crippen LogP contribution >= 0.6 is 0 Å². The highest BCUT2D eigenvalue weighted by molar-refractivity contribution is 5.11. The van der Waals surface area contributed by atoms with Crippen molar-refractivity contribution < 1.29 is 5.11 Å². The molecule has 0 aromatic rings. The van der Waals surface area contributed by atoms with Crippen LogP contribution in [0.2, 0.25) is 0 Å². The van der Waals surface area contributed by atoms with Crippen LogP contribution in [0.4, 0.5) is 0 Å². The zero-order valence-corrected chi connectivity index (χ0v) is 16.7. The first-order chi connectivity index (χ1) is 11.3. The lowest BCUT2D eigenvalue weighted by Gasteiger charge is -2.63. The highest BCUT2D eigenvalue weighted by Gasteiger charge is 2.62. The van der Waals surface area contributed by atoms with E-state index >= 15 is 0 Å². The first-order valence-corrected chi connectivity index (χ1v) is 11.0. The van der Waals surface area contributed by atoms with E-state index in [-0.39, 0.29) is 6.10 Å². The van der Waals surface area contributed by atoms with Crippen molar-refractivity contribution in [3.05, 3.63) is 0 Å². The molecule has 0 aliphatic heterocycles. The number of hydrogen-bond donors (Lipinski definition) is 1. The van der Waals surface area contributed by atoms with Gasteiger partial charge in [-0.2, -0.15) is 0 Å². The first kappa shape index (κ1) is 17.4. The van der Waals surface area contributed by atoms with Gasteiger partial charge < -0.3 is 5.11 Å². The molecule has 24 heavy (non-hydrogen) atoms. The minimum Gasteiger partial charge on any atom is -0.393 e. The molecule has 1 heteroatoms. The van der Waals surface area contributed by atoms with E-state index in [2.05, 4.69) is 34.6 Å². The average molecular weight is 333 g/mol. The van der Waals surface area contributed by atoms with Gasteiger partial charge in [-0.15, -0.1) is 0 Å². The molecular formula is C23H40O. The quantitative estimate of drug-likeness (QED) is 0.633. The van der Waals surface area contributed by atoms with E-state index in [4.69, 9.17) is 0 Å². The fourth-order valence-corrected chi connectivity index (χ4v) is 8.69. The van der Waals surface area contributed by atoms with Gasteiger partial charge in [-0.25, -0.2) is 0 Å². The van der Waals surface area contributed by atoms with E-state index in [0.29, 0.717) is 10.8 Å². The third-order valence-corrected chi connectivity index (χ3v) is 10.1. The van der Waals surface area contributed by atoms with Crippen LogP contribution in [0, 0.1) is 52.3 Å². The van der Waals surface area contributed by atoms with E-state index in [1.54, 1.807) is 0 Å². The normalized spacial score (nSPS) is 57.4. The van der Waals surface area contributed by atoms with E-state index in [1.807, 2.05) is 0 Å². The Bertz CT molecular complexity index is 484. The Balaban J connectivity index is 1.65. The van der Waals surface area contributed by atoms with E-state index < -0.39 is 0 Å². The summed E-state index contributed by atoms with van der Waals surface area (Å²) >= 11 is 0. The van der Waals surface area contributed by atoms with E-state index in [9.17, 15) is 5.11 Å². The highest BCUT2D eigenvalue weighted by Crippen LogP contribution is 2.69. The Morgan fingerprint density at radius 2 is 1.67 bits per heavy atom. The number of rotatable bonds is 1. The predicted octanol–water partition coefficient (Wildman–Crippen LogP) is 5.91. The average Bonchev–Trinajstić information content (AvgIpc) is 2.88. The lowest BCUT2D eigenvalue weighted by Crippen LogP contribution is -2.56. The molecule has 1 nitrogen and oxygen atoms in total. The molecule has 138 valence electrons. The predicted molar refractivity (Wildman–Crippen MR) is 101 cm³/mol. The van der Waals surface area contributed by atoms with Crippen molar-refractivity contribution >= 4 is 0 Å². The van der Waals surface area contributed by atoms with Crippen molar-refractivity contribution in [1.82, 2.24) is 0 Å². The Morgan fingerprint density at radius 1 is 0.917 bits per heavy atom. The van der Waals surface area contributed by atoms with Crippen LogP contribution < -0.4 is 0 Å². The number of fused-ring (bicyclic) bond motifs is 5. The summed E-state index contributed by atoms with van der Waals surface area (Å²) in [5.41, 5.74) is 1.11. The summed E-state index contributed by atoms with van der Waals surface area (Å²) in [4.78, 5) is 0. The SMILES string of the molecule is CC(C)[C@H]1CC[C@H]2[C@@H]3CC[C@@H]4C[C@H](O)CC[C@]4(C)[C@H]3C[C@H](C)[C@]12C. The molecule has 0 spiro atoms. The molecule has 0 bridgehead atoms. The number of aliphatic hydroxyl groups excluding tert-OH is 1. The Hall–Kier alpha value is -0.0400. The van der Waals surface area contributed by atoms with Gasteiger partial charge in [0.05, 0.1) is 6.10 Å². The standard InChI is InChI=1S/C23H40O/c1-14(2)19-8-9-20-18-7-6-16-13-17(24)10-11-22(16,4)21(18)12-15(3)23(19,20)5/h14-21,24H,6-13H2,1-5H3/t15-,16+,17+,18-,19+,20-,21-,22-,23+/m0/s1. The molecule has 0 unspecified atom stereocenters. The molecule has 1 N–H and O–H groups in total. The van der Waals surface area contributed by atoms with Crippen molar-refractivity contribution in [2.24, 2.45) is 52.3 Å². The largest absolute Gasteiger partial charge is 0.393 e. The second kappa shape index (κ2) is 5.73. The summed E-state index contributed by atoms with van der Waals surface area (Å²) < 4.78 is 0. The van der Waals surface area contributed by atoms with E-state index in [1.165, 1.54) is 38.5 Å². The van der Waals surface area contributed by atoms with Gasteiger partial charge in [0.2, 0.25) is 0 Å². The summed E-state index contributed by atoms with van der Waals surface area (Å²) in [5, 5.41) is 10.2. The molecule has 4 fully saturated rings. The van der Waals surface area contributed by atoms with Crippen LogP contribution in [-0.4, -0.2) is 11.2 Å². The summed E-state index contributed by atoms with van der Waals surface area (Å²) in [6, 6.07) is 0. The molecule has 4 aliphatic carbocycles. The molecule has 0 heterocycles. The summed E-state index contributed by atoms with van der Waals surface area (Å²) in [5.74, 6) is 6.34. The van der Waals surface area contributed by atoms with Gasteiger partial charge in [-0.05, 0) is 104 Å². The molecule has 0 amide bonds. The van der Waals surface area contributed by atoms with Crippen LogP contribution in [0.3, 0.4) is 0 Å². The van der Waals surface area contributed by atoms with Gasteiger partial charge >= 0.3 is 0 Å². The maximum Gasteiger partial charge on any atom is 0.0543 e. The zero-order valence-electron chi connectivity index (χ0n) is 16.7. The molecule has 4 aliphatic rings. The molecule has 0 saturated heterocycles.